The molecule has 0 amide bonds. The fourth-order valence-electron chi connectivity index (χ4n) is 22.4. The summed E-state index contributed by atoms with van der Waals surface area (Å²) in [5, 5.41) is 24.0. The Morgan fingerprint density at radius 1 is 0.254 bits per heavy atom. The first kappa shape index (κ1) is 72.0. The third kappa shape index (κ3) is 10.5. The minimum atomic E-state index is -0.0235. The first-order valence-electron chi connectivity index (χ1n) is 43.9. The lowest BCUT2D eigenvalue weighted by Gasteiger charge is -2.23. The Kier molecular flexibility index (Phi) is 15.2. The summed E-state index contributed by atoms with van der Waals surface area (Å²) in [6, 6.07) is 129. The molecule has 126 heavy (non-hydrogen) atoms. The fraction of sp³-hybridized carbons (Fsp3) is 0.0756. The van der Waals surface area contributed by atoms with E-state index in [1.165, 1.54) is 197 Å². The topological polar surface area (TPSA) is 65.3 Å². The zero-order valence-electron chi connectivity index (χ0n) is 70.5. The first-order valence-corrected chi connectivity index (χ1v) is 43.9. The number of imidazole rings is 3. The summed E-state index contributed by atoms with van der Waals surface area (Å²) in [6.45, 7) is 14.2. The van der Waals surface area contributed by atoms with Crippen molar-refractivity contribution in [3.63, 3.8) is 0 Å². The van der Waals surface area contributed by atoms with E-state index in [2.05, 4.69) is 389 Å². The molecule has 0 saturated carbocycles. The molecular weight excluding hydrogens is 1530 g/mol. The van der Waals surface area contributed by atoms with Gasteiger partial charge in [0.25, 0.3) is 0 Å². The van der Waals surface area contributed by atoms with Crippen molar-refractivity contribution in [3.8, 4) is 106 Å². The lowest BCUT2D eigenvalue weighted by Crippen LogP contribution is -2.14. The van der Waals surface area contributed by atoms with E-state index in [-0.39, 0.29) is 16.2 Å². The van der Waals surface area contributed by atoms with E-state index < -0.39 is 0 Å². The average Bonchev–Trinajstić information content (AvgIpc) is 1.50. The van der Waals surface area contributed by atoms with E-state index in [1.54, 1.807) is 6.20 Å². The molecule has 592 valence electrons. The van der Waals surface area contributed by atoms with Crippen molar-refractivity contribution < 1.29 is 0 Å². The molecule has 0 unspecified atom stereocenters. The van der Waals surface area contributed by atoms with Crippen molar-refractivity contribution in [1.82, 2.24) is 33.3 Å². The van der Waals surface area contributed by atoms with E-state index in [9.17, 15) is 0 Å². The van der Waals surface area contributed by atoms with Crippen LogP contribution in [0.4, 0.5) is 0 Å². The summed E-state index contributed by atoms with van der Waals surface area (Å²) in [6.07, 6.45) is 9.92. The Hall–Kier alpha value is -15.7. The van der Waals surface area contributed by atoms with Crippen molar-refractivity contribution in [1.29, 1.82) is 0 Å². The second-order valence-corrected chi connectivity index (χ2v) is 36.4. The van der Waals surface area contributed by atoms with E-state index in [0.717, 1.165) is 56.3 Å². The summed E-state index contributed by atoms with van der Waals surface area (Å²) in [5.41, 5.74) is 33.7. The zero-order valence-corrected chi connectivity index (χ0v) is 70.5. The maximum atomic E-state index is 5.08. The molecule has 0 radical (unpaired) electrons. The van der Waals surface area contributed by atoms with Crippen LogP contribution in [0.15, 0.2) is 383 Å². The highest BCUT2D eigenvalue weighted by atomic mass is 15.1. The number of pyridine rings is 1. The second-order valence-electron chi connectivity index (χ2n) is 36.4. The SMILES string of the molecule is CC1(C)c2ccccc2-c2c1cc1ccc3c(-c4ccc(-c5cn6ccccc6n5)cc4)ccc4ccc2c1c43.CC1(C)c2ccccc2-c2c1cc1ccc3c(-c4ccc(-c5cn6cccnc6n5)cc4)ccc4ccc2c1c43.CC1(C)c2ccccc2-c2c1cc1ccc3c(-c4ccc(-c5nc6ccccc6n5-c5ccccc5)cc4)ccc4ccc2c1c43. The van der Waals surface area contributed by atoms with Crippen LogP contribution in [0.25, 0.3) is 226 Å². The van der Waals surface area contributed by atoms with Gasteiger partial charge in [0.05, 0.1) is 22.4 Å². The minimum Gasteiger partial charge on any atom is -0.306 e. The highest BCUT2D eigenvalue weighted by Gasteiger charge is 2.41. The van der Waals surface area contributed by atoms with Gasteiger partial charge < -0.3 is 4.40 Å². The van der Waals surface area contributed by atoms with Gasteiger partial charge in [-0.2, -0.15) is 0 Å². The molecule has 25 aromatic rings. The van der Waals surface area contributed by atoms with Gasteiger partial charge in [0, 0.05) is 69.6 Å². The molecule has 5 aromatic heterocycles. The molecule has 0 N–H and O–H groups in total. The number of nitrogens with zero attached hydrogens (tertiary/aromatic N) is 7. The Bertz CT molecular complexity index is 8450. The van der Waals surface area contributed by atoms with Gasteiger partial charge >= 0.3 is 0 Å². The molecule has 0 aliphatic heterocycles. The molecule has 0 atom stereocenters. The molecule has 3 aliphatic rings. The van der Waals surface area contributed by atoms with Crippen molar-refractivity contribution in [3.05, 3.63) is 416 Å². The normalized spacial score (nSPS) is 13.8. The van der Waals surface area contributed by atoms with E-state index in [4.69, 9.17) is 15.0 Å². The first-order chi connectivity index (χ1) is 61.7. The lowest BCUT2D eigenvalue weighted by molar-refractivity contribution is 0.661. The molecule has 7 heteroatoms. The van der Waals surface area contributed by atoms with Crippen LogP contribution < -0.4 is 0 Å². The molecule has 7 nitrogen and oxygen atoms in total. The van der Waals surface area contributed by atoms with Gasteiger partial charge in [0.1, 0.15) is 11.5 Å². The van der Waals surface area contributed by atoms with Gasteiger partial charge in [-0.1, -0.05) is 333 Å². The molecule has 20 aromatic carbocycles. The zero-order chi connectivity index (χ0) is 83.7. The van der Waals surface area contributed by atoms with Crippen molar-refractivity contribution in [2.24, 2.45) is 0 Å². The Labute approximate surface area is 728 Å². The fourth-order valence-corrected chi connectivity index (χ4v) is 22.4. The summed E-state index contributed by atoms with van der Waals surface area (Å²) in [5.74, 6) is 1.66. The number of hydrogen-bond donors (Lipinski definition) is 0. The van der Waals surface area contributed by atoms with Gasteiger partial charge in [-0.3, -0.25) is 8.97 Å². The number of fused-ring (bicyclic) bond motifs is 15. The van der Waals surface area contributed by atoms with Crippen LogP contribution in [0.3, 0.4) is 0 Å². The Morgan fingerprint density at radius 2 is 0.619 bits per heavy atom. The summed E-state index contributed by atoms with van der Waals surface area (Å²) < 4.78 is 6.29. The summed E-state index contributed by atoms with van der Waals surface area (Å²) in [4.78, 5) is 19.0. The number of hydrogen-bond acceptors (Lipinski definition) is 4. The average molecular weight is 1610 g/mol. The van der Waals surface area contributed by atoms with E-state index in [1.807, 2.05) is 47.3 Å². The molecular formula is C119H81N7. The van der Waals surface area contributed by atoms with Crippen LogP contribution >= 0.6 is 0 Å². The third-order valence-electron chi connectivity index (χ3n) is 28.6. The van der Waals surface area contributed by atoms with Crippen LogP contribution in [-0.2, 0) is 16.2 Å². The van der Waals surface area contributed by atoms with Crippen molar-refractivity contribution >= 4 is 119 Å². The number of rotatable bonds is 7. The standard InChI is InChI=1S/C44H30N2.C38H26N2.C37H25N3/c1-44(2)36-13-7-6-12-34(36)42-35-25-21-28-20-23-32(33-24-22-30(26-37(42)44)41(35)40(28)33)27-16-18-29(19-17-27)43-45-38-14-8-9-15-39(38)46(43)31-10-4-3-5-11-31;1-38(2)31-8-4-3-7-29(31)37-30-19-15-25-14-17-27(28-18-16-26(21-32(37)38)36(30)35(25)28)23-10-12-24(13-11-23)33-22-40-20-6-5-9-34(40)39-33;1-37(2)30-7-4-3-6-28(30)35-29-17-13-24-12-15-26(27-16-14-25(20-31(35)37)34(29)33(24)27)22-8-10-23(11-9-22)32-21-40-19-5-18-38-36(40)39-32/h3-26H,1-2H3;3-22H,1-2H3;3-21H,1-2H3. The van der Waals surface area contributed by atoms with Crippen molar-refractivity contribution in [2.75, 3.05) is 0 Å². The van der Waals surface area contributed by atoms with Gasteiger partial charge in [-0.25, -0.2) is 19.9 Å². The van der Waals surface area contributed by atoms with E-state index >= 15 is 0 Å². The number of aromatic nitrogens is 7. The largest absolute Gasteiger partial charge is 0.306 e. The predicted molar refractivity (Wildman–Crippen MR) is 526 cm³/mol. The van der Waals surface area contributed by atoms with E-state index in [0.29, 0.717) is 5.78 Å². The Balaban J connectivity index is 0.000000101. The van der Waals surface area contributed by atoms with Crippen LogP contribution in [0.2, 0.25) is 0 Å². The second kappa shape index (κ2) is 26.7. The maximum Gasteiger partial charge on any atom is 0.234 e. The highest BCUT2D eigenvalue weighted by molar-refractivity contribution is 6.32. The highest BCUT2D eigenvalue weighted by Crippen LogP contribution is 2.58. The van der Waals surface area contributed by atoms with Crippen LogP contribution in [0.1, 0.15) is 74.9 Å². The quantitative estimate of drug-likeness (QED) is 0.149. The maximum absolute atomic E-state index is 5.08. The number of para-hydroxylation sites is 3. The lowest BCUT2D eigenvalue weighted by atomic mass is 9.80. The van der Waals surface area contributed by atoms with Gasteiger partial charge in [0.15, 0.2) is 0 Å². The Morgan fingerprint density at radius 3 is 1.08 bits per heavy atom. The molecule has 0 spiro atoms. The summed E-state index contributed by atoms with van der Waals surface area (Å²) >= 11 is 0. The van der Waals surface area contributed by atoms with Crippen molar-refractivity contribution in [2.45, 2.75) is 57.8 Å². The molecule has 0 bridgehead atoms. The molecule has 5 heterocycles. The third-order valence-corrected chi connectivity index (χ3v) is 28.6. The summed E-state index contributed by atoms with van der Waals surface area (Å²) in [7, 11) is 0. The molecule has 0 saturated heterocycles. The van der Waals surface area contributed by atoms with Gasteiger partial charge in [-0.05, 0) is 258 Å². The monoisotopic (exact) mass is 1610 g/mol. The van der Waals surface area contributed by atoms with Gasteiger partial charge in [0.2, 0.25) is 5.78 Å². The van der Waals surface area contributed by atoms with Crippen LogP contribution in [-0.4, -0.2) is 33.3 Å². The number of benzene rings is 20. The van der Waals surface area contributed by atoms with Gasteiger partial charge in [-0.15, -0.1) is 0 Å². The smallest absolute Gasteiger partial charge is 0.234 e. The molecule has 0 fully saturated rings. The molecule has 3 aliphatic carbocycles. The minimum absolute atomic E-state index is 0.00972. The predicted octanol–water partition coefficient (Wildman–Crippen LogP) is 30.7. The van der Waals surface area contributed by atoms with Crippen LogP contribution in [0, 0.1) is 0 Å². The van der Waals surface area contributed by atoms with Crippen LogP contribution in [0.5, 0.6) is 0 Å². The molecule has 28 rings (SSSR count).